The van der Waals surface area contributed by atoms with Crippen molar-refractivity contribution in [1.29, 1.82) is 0 Å². The first-order chi connectivity index (χ1) is 15.8. The van der Waals surface area contributed by atoms with Crippen LogP contribution in [0.3, 0.4) is 0 Å². The zero-order valence-electron chi connectivity index (χ0n) is 19.4. The summed E-state index contributed by atoms with van der Waals surface area (Å²) >= 11 is 1.59. The van der Waals surface area contributed by atoms with Crippen molar-refractivity contribution in [2.24, 2.45) is 11.8 Å². The van der Waals surface area contributed by atoms with E-state index in [0.717, 1.165) is 24.5 Å². The second-order valence-electron chi connectivity index (χ2n) is 9.08. The lowest BCUT2D eigenvalue weighted by molar-refractivity contribution is 0.0766. The highest BCUT2D eigenvalue weighted by molar-refractivity contribution is 7.89. The molecule has 0 radical (unpaired) electrons. The smallest absolute Gasteiger partial charge is 0.253 e. The highest BCUT2D eigenvalue weighted by Crippen LogP contribution is 2.32. The lowest BCUT2D eigenvalue weighted by Crippen LogP contribution is -2.42. The van der Waals surface area contributed by atoms with Crippen molar-refractivity contribution in [1.82, 2.24) is 14.2 Å². The van der Waals surface area contributed by atoms with E-state index in [0.29, 0.717) is 38.3 Å². The molecule has 2 unspecified atom stereocenters. The maximum absolute atomic E-state index is 13.5. The molecule has 180 valence electrons. The maximum atomic E-state index is 13.5. The molecule has 2 atom stereocenters. The summed E-state index contributed by atoms with van der Waals surface area (Å²) < 4.78 is 34.0. The number of sulfonamides is 1. The van der Waals surface area contributed by atoms with Gasteiger partial charge in [0.15, 0.2) is 5.13 Å². The number of aromatic nitrogens is 1. The maximum Gasteiger partial charge on any atom is 0.253 e. The van der Waals surface area contributed by atoms with E-state index in [1.54, 1.807) is 34.6 Å². The largest absolute Gasteiger partial charge is 0.495 e. The zero-order valence-corrected chi connectivity index (χ0v) is 21.1. The number of ether oxygens (including phenoxy) is 1. The Morgan fingerprint density at radius 1 is 1.12 bits per heavy atom. The summed E-state index contributed by atoms with van der Waals surface area (Å²) in [5.74, 6) is 0.688. The molecular weight excluding hydrogens is 460 g/mol. The fourth-order valence-corrected chi connectivity index (χ4v) is 7.38. The number of benzene rings is 1. The molecule has 33 heavy (non-hydrogen) atoms. The summed E-state index contributed by atoms with van der Waals surface area (Å²) in [6.45, 7) is 7.82. The lowest BCUT2D eigenvalue weighted by Gasteiger charge is -2.34. The number of anilines is 1. The van der Waals surface area contributed by atoms with Crippen molar-refractivity contribution in [3.8, 4) is 5.75 Å². The van der Waals surface area contributed by atoms with Crippen molar-refractivity contribution in [3.05, 3.63) is 35.3 Å². The van der Waals surface area contributed by atoms with Crippen LogP contribution in [0.1, 0.15) is 37.0 Å². The lowest BCUT2D eigenvalue weighted by atomic mass is 9.94. The Bertz CT molecular complexity index is 1060. The van der Waals surface area contributed by atoms with Crippen molar-refractivity contribution in [2.45, 2.75) is 31.6 Å². The van der Waals surface area contributed by atoms with Gasteiger partial charge < -0.3 is 14.5 Å². The van der Waals surface area contributed by atoms with Gasteiger partial charge >= 0.3 is 0 Å². The number of rotatable bonds is 5. The first-order valence-electron chi connectivity index (χ1n) is 11.4. The molecule has 10 heteroatoms. The summed E-state index contributed by atoms with van der Waals surface area (Å²) in [5.41, 5.74) is 0.371. The van der Waals surface area contributed by atoms with Crippen molar-refractivity contribution < 1.29 is 17.9 Å². The van der Waals surface area contributed by atoms with E-state index in [-0.39, 0.29) is 28.4 Å². The summed E-state index contributed by atoms with van der Waals surface area (Å²) in [4.78, 5) is 21.8. The minimum atomic E-state index is -3.78. The molecular formula is C23H32N4O4S2. The van der Waals surface area contributed by atoms with Crippen LogP contribution in [-0.2, 0) is 10.0 Å². The molecule has 4 rings (SSSR count). The third-order valence-electron chi connectivity index (χ3n) is 6.34. The van der Waals surface area contributed by atoms with Crippen LogP contribution in [-0.4, -0.2) is 74.9 Å². The quantitative estimate of drug-likeness (QED) is 0.638. The second-order valence-corrected chi connectivity index (χ2v) is 11.9. The van der Waals surface area contributed by atoms with Gasteiger partial charge in [0.25, 0.3) is 5.91 Å². The number of carbonyl (C=O) groups excluding carboxylic acids is 1. The summed E-state index contributed by atoms with van der Waals surface area (Å²) in [5, 5.41) is 2.92. The van der Waals surface area contributed by atoms with E-state index in [1.807, 2.05) is 5.38 Å². The number of methoxy groups -OCH3 is 1. The number of thiazole rings is 1. The molecule has 0 aliphatic carbocycles. The van der Waals surface area contributed by atoms with Crippen molar-refractivity contribution >= 4 is 32.4 Å². The molecule has 0 saturated carbocycles. The molecule has 8 nitrogen and oxygen atoms in total. The number of amides is 1. The van der Waals surface area contributed by atoms with E-state index < -0.39 is 10.0 Å². The molecule has 0 bridgehead atoms. The van der Waals surface area contributed by atoms with Crippen LogP contribution in [0.15, 0.2) is 34.7 Å². The van der Waals surface area contributed by atoms with Crippen LogP contribution in [0.25, 0.3) is 0 Å². The first kappa shape index (κ1) is 24.0. The van der Waals surface area contributed by atoms with E-state index in [9.17, 15) is 13.2 Å². The van der Waals surface area contributed by atoms with Gasteiger partial charge in [-0.25, -0.2) is 13.4 Å². The minimum absolute atomic E-state index is 0.0661. The standard InChI is InChI=1S/C23H32N4O4S2/c1-17-13-18(2)16-27(15-17)33(29,30)21-14-19(5-6-20(21)31-3)22(28)25-8-4-9-26(11-10-25)23-24-7-12-32-23/h5-7,12,14,17-18H,4,8-11,13,15-16H2,1-3H3. The van der Waals surface area contributed by atoms with Crippen LogP contribution in [0.4, 0.5) is 5.13 Å². The average Bonchev–Trinajstić information content (AvgIpc) is 3.22. The Labute approximate surface area is 200 Å². The van der Waals surface area contributed by atoms with Crippen LogP contribution in [0.2, 0.25) is 0 Å². The molecule has 2 aliphatic heterocycles. The number of hydrogen-bond donors (Lipinski definition) is 0. The molecule has 0 N–H and O–H groups in total. The van der Waals surface area contributed by atoms with E-state index in [4.69, 9.17) is 4.74 Å². The third kappa shape index (κ3) is 5.17. The summed E-state index contributed by atoms with van der Waals surface area (Å²) in [6, 6.07) is 4.74. The first-order valence-corrected chi connectivity index (χ1v) is 13.7. The van der Waals surface area contributed by atoms with Crippen molar-refractivity contribution in [3.63, 3.8) is 0 Å². The summed E-state index contributed by atoms with van der Waals surface area (Å²) in [6.07, 6.45) is 3.63. The minimum Gasteiger partial charge on any atom is -0.495 e. The van der Waals surface area contributed by atoms with Gasteiger partial charge in [0.1, 0.15) is 10.6 Å². The normalized spacial score (nSPS) is 22.8. The van der Waals surface area contributed by atoms with Gasteiger partial charge in [0, 0.05) is 56.4 Å². The second kappa shape index (κ2) is 9.99. The molecule has 1 aromatic carbocycles. The number of hydrogen-bond acceptors (Lipinski definition) is 7. The Kier molecular flexibility index (Phi) is 7.25. The topological polar surface area (TPSA) is 83.0 Å². The predicted molar refractivity (Wildman–Crippen MR) is 130 cm³/mol. The highest BCUT2D eigenvalue weighted by atomic mass is 32.2. The van der Waals surface area contributed by atoms with Gasteiger partial charge in [0.2, 0.25) is 10.0 Å². The van der Waals surface area contributed by atoms with Gasteiger partial charge in [-0.3, -0.25) is 4.79 Å². The third-order valence-corrected chi connectivity index (χ3v) is 9.02. The molecule has 1 aromatic heterocycles. The van der Waals surface area contributed by atoms with Gasteiger partial charge in [-0.1, -0.05) is 13.8 Å². The Hall–Kier alpha value is -2.17. The molecule has 2 fully saturated rings. The Morgan fingerprint density at radius 3 is 2.55 bits per heavy atom. The molecule has 2 aliphatic rings. The summed E-state index contributed by atoms with van der Waals surface area (Å²) in [7, 11) is -2.32. The molecule has 0 spiro atoms. The fraction of sp³-hybridized carbons (Fsp3) is 0.565. The molecule has 1 amide bonds. The fourth-order valence-electron chi connectivity index (χ4n) is 4.82. The molecule has 2 aromatic rings. The van der Waals surface area contributed by atoms with Gasteiger partial charge in [0.05, 0.1) is 7.11 Å². The highest BCUT2D eigenvalue weighted by Gasteiger charge is 2.34. The van der Waals surface area contributed by atoms with E-state index in [1.165, 1.54) is 17.5 Å². The van der Waals surface area contributed by atoms with Crippen LogP contribution in [0.5, 0.6) is 5.75 Å². The van der Waals surface area contributed by atoms with Crippen molar-refractivity contribution in [2.75, 3.05) is 51.3 Å². The average molecular weight is 493 g/mol. The monoisotopic (exact) mass is 492 g/mol. The molecule has 3 heterocycles. The van der Waals surface area contributed by atoms with Gasteiger partial charge in [-0.2, -0.15) is 4.31 Å². The number of carbonyl (C=O) groups is 1. The van der Waals surface area contributed by atoms with Crippen LogP contribution in [0, 0.1) is 11.8 Å². The Balaban J connectivity index is 1.56. The molecule has 2 saturated heterocycles. The van der Waals surface area contributed by atoms with Crippen LogP contribution < -0.4 is 9.64 Å². The SMILES string of the molecule is COc1ccc(C(=O)N2CCCN(c3nccs3)CC2)cc1S(=O)(=O)N1CC(C)CC(C)C1. The number of nitrogens with zero attached hydrogens (tertiary/aromatic N) is 4. The van der Waals surface area contributed by atoms with Gasteiger partial charge in [-0.15, -0.1) is 11.3 Å². The van der Waals surface area contributed by atoms with Gasteiger partial charge in [-0.05, 0) is 42.9 Å². The van der Waals surface area contributed by atoms with Crippen LogP contribution >= 0.6 is 11.3 Å². The number of piperidine rings is 1. The Morgan fingerprint density at radius 2 is 1.88 bits per heavy atom. The zero-order chi connectivity index (χ0) is 23.6. The van der Waals surface area contributed by atoms with E-state index in [2.05, 4.69) is 23.7 Å². The predicted octanol–water partition coefficient (Wildman–Crippen LogP) is 3.17. The van der Waals surface area contributed by atoms with E-state index >= 15 is 0 Å².